The van der Waals surface area contributed by atoms with Gasteiger partial charge in [-0.3, -0.25) is 4.79 Å². The van der Waals surface area contributed by atoms with Crippen LogP contribution in [0.15, 0.2) is 12.2 Å². The number of hydrogen-bond acceptors (Lipinski definition) is 3. The number of carbonyl (C=O) groups is 1. The smallest absolute Gasteiger partial charge is 0.312 e. The zero-order chi connectivity index (χ0) is 14.8. The largest absolute Gasteiger partial charge is 0.463 e. The van der Waals surface area contributed by atoms with Crippen LogP contribution in [0.1, 0.15) is 39.5 Å². The summed E-state index contributed by atoms with van der Waals surface area (Å²) in [5.41, 5.74) is -0.308. The Kier molecular flexibility index (Phi) is 3.01. The van der Waals surface area contributed by atoms with Gasteiger partial charge in [0.2, 0.25) is 0 Å². The first-order chi connectivity index (χ1) is 10.0. The molecular weight excluding hydrogens is 264 g/mol. The first-order valence-electron chi connectivity index (χ1n) is 8.58. The first kappa shape index (κ1) is 13.8. The van der Waals surface area contributed by atoms with E-state index in [1.807, 2.05) is 6.92 Å². The summed E-state index contributed by atoms with van der Waals surface area (Å²) < 4.78 is 5.46. The predicted molar refractivity (Wildman–Crippen MR) is 79.3 cm³/mol. The quantitative estimate of drug-likeness (QED) is 0.492. The molecule has 4 bridgehead atoms. The molecule has 0 amide bonds. The van der Waals surface area contributed by atoms with E-state index in [0.717, 1.165) is 18.3 Å². The van der Waals surface area contributed by atoms with Gasteiger partial charge in [0, 0.05) is 0 Å². The van der Waals surface area contributed by atoms with Crippen molar-refractivity contribution in [2.24, 2.45) is 40.9 Å². The van der Waals surface area contributed by atoms with Gasteiger partial charge in [-0.15, -0.1) is 0 Å². The van der Waals surface area contributed by atoms with Gasteiger partial charge in [0.25, 0.3) is 0 Å². The molecule has 0 aliphatic heterocycles. The highest BCUT2D eigenvalue weighted by Gasteiger charge is 2.66. The number of fused-ring (bicyclic) bond motifs is 9. The van der Waals surface area contributed by atoms with E-state index in [0.29, 0.717) is 30.1 Å². The van der Waals surface area contributed by atoms with Crippen LogP contribution in [-0.2, 0) is 9.53 Å². The van der Waals surface area contributed by atoms with E-state index in [2.05, 4.69) is 19.1 Å². The predicted octanol–water partition coefficient (Wildman–Crippen LogP) is 2.78. The van der Waals surface area contributed by atoms with Crippen molar-refractivity contribution in [1.82, 2.24) is 0 Å². The molecule has 4 aliphatic carbocycles. The third-order valence-electron chi connectivity index (χ3n) is 7.00. The molecule has 8 unspecified atom stereocenters. The monoisotopic (exact) mass is 290 g/mol. The molecule has 3 fully saturated rings. The number of rotatable bonds is 4. The van der Waals surface area contributed by atoms with Gasteiger partial charge in [-0.1, -0.05) is 19.1 Å². The second-order valence-electron chi connectivity index (χ2n) is 7.99. The van der Waals surface area contributed by atoms with Crippen LogP contribution in [0.2, 0.25) is 0 Å². The van der Waals surface area contributed by atoms with Crippen LogP contribution in [0.25, 0.3) is 0 Å². The van der Waals surface area contributed by atoms with Gasteiger partial charge < -0.3 is 9.84 Å². The van der Waals surface area contributed by atoms with Crippen molar-refractivity contribution in [2.45, 2.75) is 45.6 Å². The van der Waals surface area contributed by atoms with Crippen molar-refractivity contribution in [3.63, 3.8) is 0 Å². The minimum absolute atomic E-state index is 0.0623. The summed E-state index contributed by atoms with van der Waals surface area (Å²) in [5, 5.41) is 9.62. The average Bonchev–Trinajstić information content (AvgIpc) is 3.21. The summed E-state index contributed by atoms with van der Waals surface area (Å²) >= 11 is 0. The molecule has 0 heterocycles. The molecule has 116 valence electrons. The summed E-state index contributed by atoms with van der Waals surface area (Å²) in [6.45, 7) is 4.18. The van der Waals surface area contributed by atoms with E-state index < -0.39 is 6.10 Å². The number of allylic oxidation sites excluding steroid dienone is 2. The molecule has 0 aromatic carbocycles. The normalized spacial score (nSPS) is 50.4. The van der Waals surface area contributed by atoms with Crippen LogP contribution >= 0.6 is 0 Å². The highest BCUT2D eigenvalue weighted by atomic mass is 16.5. The number of hydrogen-bond donors (Lipinski definition) is 1. The average molecular weight is 290 g/mol. The summed E-state index contributed by atoms with van der Waals surface area (Å²) in [6.07, 6.45) is 8.48. The Morgan fingerprint density at radius 3 is 2.76 bits per heavy atom. The Morgan fingerprint density at radius 2 is 2.05 bits per heavy atom. The lowest BCUT2D eigenvalue weighted by Gasteiger charge is -2.41. The van der Waals surface area contributed by atoms with E-state index >= 15 is 0 Å². The van der Waals surface area contributed by atoms with Crippen LogP contribution in [0.5, 0.6) is 0 Å². The van der Waals surface area contributed by atoms with E-state index in [4.69, 9.17) is 4.74 Å². The molecular formula is C18H26O3. The number of aliphatic hydroxyl groups is 1. The fraction of sp³-hybridized carbons (Fsp3) is 0.833. The number of carbonyl (C=O) groups excluding carboxylic acids is 1. The minimum Gasteiger partial charge on any atom is -0.463 e. The molecule has 3 nitrogen and oxygen atoms in total. The summed E-state index contributed by atoms with van der Waals surface area (Å²) in [5.74, 6) is 4.21. The lowest BCUT2D eigenvalue weighted by atomic mass is 9.63. The van der Waals surface area contributed by atoms with Gasteiger partial charge in [0.15, 0.2) is 0 Å². The topological polar surface area (TPSA) is 46.5 Å². The standard InChI is InChI=1S/C18H26O3/c1-3-13(19)9-21-17(20)18(2)8-12-7-14(18)16-11-5-4-10(6-11)15(12)16/h4-5,10-16,19H,3,6-9H2,1-2H3. The Balaban J connectivity index is 1.50. The zero-order valence-corrected chi connectivity index (χ0v) is 13.0. The fourth-order valence-electron chi connectivity index (χ4n) is 6.06. The van der Waals surface area contributed by atoms with E-state index in [1.54, 1.807) is 0 Å². The van der Waals surface area contributed by atoms with Gasteiger partial charge >= 0.3 is 5.97 Å². The molecule has 3 saturated carbocycles. The maximum atomic E-state index is 12.6. The van der Waals surface area contributed by atoms with Gasteiger partial charge in [0.05, 0.1) is 11.5 Å². The first-order valence-corrected chi connectivity index (χ1v) is 8.58. The van der Waals surface area contributed by atoms with Gasteiger partial charge in [-0.05, 0) is 68.1 Å². The van der Waals surface area contributed by atoms with Crippen molar-refractivity contribution in [3.8, 4) is 0 Å². The van der Waals surface area contributed by atoms with Crippen molar-refractivity contribution >= 4 is 5.97 Å². The minimum atomic E-state index is -0.519. The molecule has 0 aromatic heterocycles. The summed E-state index contributed by atoms with van der Waals surface area (Å²) in [7, 11) is 0. The maximum absolute atomic E-state index is 12.6. The lowest BCUT2D eigenvalue weighted by Crippen LogP contribution is -2.43. The van der Waals surface area contributed by atoms with Crippen molar-refractivity contribution < 1.29 is 14.6 Å². The molecule has 21 heavy (non-hydrogen) atoms. The zero-order valence-electron chi connectivity index (χ0n) is 13.0. The van der Waals surface area contributed by atoms with Crippen molar-refractivity contribution in [1.29, 1.82) is 0 Å². The Labute approximate surface area is 126 Å². The molecule has 0 saturated heterocycles. The Hall–Kier alpha value is -0.830. The van der Waals surface area contributed by atoms with Gasteiger partial charge in [-0.2, -0.15) is 0 Å². The lowest BCUT2D eigenvalue weighted by molar-refractivity contribution is -0.163. The Morgan fingerprint density at radius 1 is 1.33 bits per heavy atom. The van der Waals surface area contributed by atoms with Gasteiger partial charge in [-0.25, -0.2) is 0 Å². The molecule has 0 radical (unpaired) electrons. The maximum Gasteiger partial charge on any atom is 0.312 e. The molecule has 8 atom stereocenters. The Bertz CT molecular complexity index is 485. The number of ether oxygens (including phenoxy) is 1. The molecule has 0 aromatic rings. The molecule has 0 spiro atoms. The molecule has 4 aliphatic rings. The number of aliphatic hydroxyl groups excluding tert-OH is 1. The van der Waals surface area contributed by atoms with Crippen LogP contribution in [0.3, 0.4) is 0 Å². The van der Waals surface area contributed by atoms with Gasteiger partial charge in [0.1, 0.15) is 6.61 Å². The van der Waals surface area contributed by atoms with Crippen molar-refractivity contribution in [3.05, 3.63) is 12.2 Å². The summed E-state index contributed by atoms with van der Waals surface area (Å²) in [6, 6.07) is 0. The van der Waals surface area contributed by atoms with Crippen molar-refractivity contribution in [2.75, 3.05) is 6.61 Å². The fourth-order valence-corrected chi connectivity index (χ4v) is 6.06. The molecule has 1 N–H and O–H groups in total. The molecule has 4 rings (SSSR count). The van der Waals surface area contributed by atoms with Crippen LogP contribution < -0.4 is 0 Å². The second kappa shape index (κ2) is 4.58. The van der Waals surface area contributed by atoms with E-state index in [1.165, 1.54) is 12.8 Å². The summed E-state index contributed by atoms with van der Waals surface area (Å²) in [4.78, 5) is 12.6. The highest BCUT2D eigenvalue weighted by Crippen LogP contribution is 2.70. The molecule has 3 heteroatoms. The van der Waals surface area contributed by atoms with Crippen LogP contribution in [0, 0.1) is 40.9 Å². The van der Waals surface area contributed by atoms with Crippen LogP contribution in [0.4, 0.5) is 0 Å². The highest BCUT2D eigenvalue weighted by molar-refractivity contribution is 5.77. The third-order valence-corrected chi connectivity index (χ3v) is 7.00. The SMILES string of the molecule is CCC(O)COC(=O)C1(C)CC2CC1C1C3C=CC(C3)C21. The second-order valence-corrected chi connectivity index (χ2v) is 7.99. The van der Waals surface area contributed by atoms with Crippen LogP contribution in [-0.4, -0.2) is 23.8 Å². The number of esters is 1. The third kappa shape index (κ3) is 1.79. The van der Waals surface area contributed by atoms with E-state index in [-0.39, 0.29) is 18.0 Å². The van der Waals surface area contributed by atoms with E-state index in [9.17, 15) is 9.90 Å².